The second kappa shape index (κ2) is 6.75. The van der Waals surface area contributed by atoms with Crippen LogP contribution in [0.25, 0.3) is 10.9 Å². The summed E-state index contributed by atoms with van der Waals surface area (Å²) in [5.41, 5.74) is 2.43. The van der Waals surface area contributed by atoms with Crippen LogP contribution in [-0.4, -0.2) is 27.1 Å². The smallest absolute Gasteiger partial charge is 0.267 e. The van der Waals surface area contributed by atoms with Crippen LogP contribution < -0.4 is 5.32 Å². The zero-order valence-electron chi connectivity index (χ0n) is 14.4. The van der Waals surface area contributed by atoms with Gasteiger partial charge < -0.3 is 20.5 Å². The van der Waals surface area contributed by atoms with Crippen molar-refractivity contribution in [1.82, 2.24) is 10.3 Å². The fraction of sp³-hybridized carbons (Fsp3) is 0.286. The number of amides is 1. The second-order valence-corrected chi connectivity index (χ2v) is 7.04. The van der Waals surface area contributed by atoms with Gasteiger partial charge in [0.05, 0.1) is 0 Å². The Morgan fingerprint density at radius 3 is 2.50 bits per heavy atom. The Hall–Kier alpha value is -2.95. The highest BCUT2D eigenvalue weighted by Gasteiger charge is 2.25. The summed E-state index contributed by atoms with van der Waals surface area (Å²) in [4.78, 5) is 15.7. The minimum atomic E-state index is -0.0721. The molecular weight excluding hydrogens is 328 g/mol. The first-order chi connectivity index (χ1) is 12.6. The first kappa shape index (κ1) is 16.5. The lowest BCUT2D eigenvalue weighted by atomic mass is 9.81. The van der Waals surface area contributed by atoms with Gasteiger partial charge in [0.15, 0.2) is 0 Å². The van der Waals surface area contributed by atoms with E-state index in [2.05, 4.69) is 10.3 Å². The lowest BCUT2D eigenvalue weighted by Gasteiger charge is -2.29. The van der Waals surface area contributed by atoms with Crippen LogP contribution in [0.3, 0.4) is 0 Å². The number of aromatic hydroxyl groups is 2. The van der Waals surface area contributed by atoms with E-state index in [1.807, 2.05) is 30.3 Å². The number of nitrogens with one attached hydrogen (secondary N) is 2. The minimum Gasteiger partial charge on any atom is -0.508 e. The maximum atomic E-state index is 12.5. The van der Waals surface area contributed by atoms with E-state index in [9.17, 15) is 15.0 Å². The van der Waals surface area contributed by atoms with Gasteiger partial charge in [0, 0.05) is 23.0 Å². The summed E-state index contributed by atoms with van der Waals surface area (Å²) >= 11 is 0. The third-order valence-corrected chi connectivity index (χ3v) is 5.29. The molecule has 1 aliphatic rings. The number of phenols is 2. The van der Waals surface area contributed by atoms with Crippen LogP contribution in [0.4, 0.5) is 0 Å². The van der Waals surface area contributed by atoms with Gasteiger partial charge in [0.25, 0.3) is 5.91 Å². The van der Waals surface area contributed by atoms with Gasteiger partial charge in [0.1, 0.15) is 17.2 Å². The Morgan fingerprint density at radius 2 is 1.77 bits per heavy atom. The highest BCUT2D eigenvalue weighted by Crippen LogP contribution is 2.38. The minimum absolute atomic E-state index is 0.0721. The number of hydrogen-bond acceptors (Lipinski definition) is 3. The number of benzene rings is 2. The monoisotopic (exact) mass is 350 g/mol. The molecule has 1 aromatic heterocycles. The molecule has 5 nitrogen and oxygen atoms in total. The van der Waals surface area contributed by atoms with Crippen molar-refractivity contribution in [2.24, 2.45) is 0 Å². The summed E-state index contributed by atoms with van der Waals surface area (Å²) in [6, 6.07) is 14.7. The Morgan fingerprint density at radius 1 is 1.00 bits per heavy atom. The summed E-state index contributed by atoms with van der Waals surface area (Å²) in [7, 11) is 0. The molecule has 1 amide bonds. The molecule has 0 aliphatic heterocycles. The number of fused-ring (bicyclic) bond motifs is 1. The van der Waals surface area contributed by atoms with Crippen molar-refractivity contribution in [2.45, 2.75) is 37.6 Å². The van der Waals surface area contributed by atoms with E-state index in [-0.39, 0.29) is 29.4 Å². The molecule has 0 saturated heterocycles. The number of aromatic nitrogens is 1. The second-order valence-electron chi connectivity index (χ2n) is 7.04. The van der Waals surface area contributed by atoms with Crippen LogP contribution in [0.1, 0.15) is 47.7 Å². The molecule has 4 rings (SSSR count). The molecule has 1 aliphatic carbocycles. The highest BCUT2D eigenvalue weighted by atomic mass is 16.3. The summed E-state index contributed by atoms with van der Waals surface area (Å²) in [5, 5.41) is 23.6. The largest absolute Gasteiger partial charge is 0.508 e. The van der Waals surface area contributed by atoms with Gasteiger partial charge in [-0.1, -0.05) is 24.3 Å². The van der Waals surface area contributed by atoms with Crippen LogP contribution in [0, 0.1) is 0 Å². The fourth-order valence-corrected chi connectivity index (χ4v) is 3.88. The Bertz CT molecular complexity index is 906. The van der Waals surface area contributed by atoms with Gasteiger partial charge in [-0.25, -0.2) is 0 Å². The van der Waals surface area contributed by atoms with Crippen molar-refractivity contribution >= 4 is 16.8 Å². The molecule has 26 heavy (non-hydrogen) atoms. The van der Waals surface area contributed by atoms with Gasteiger partial charge in [0.2, 0.25) is 0 Å². The molecule has 1 saturated carbocycles. The van der Waals surface area contributed by atoms with E-state index in [0.29, 0.717) is 5.69 Å². The van der Waals surface area contributed by atoms with Crippen molar-refractivity contribution in [2.75, 3.05) is 0 Å². The van der Waals surface area contributed by atoms with Crippen LogP contribution in [-0.2, 0) is 0 Å². The molecule has 0 radical (unpaired) electrons. The van der Waals surface area contributed by atoms with E-state index in [1.54, 1.807) is 12.1 Å². The summed E-state index contributed by atoms with van der Waals surface area (Å²) in [6.45, 7) is 0. The van der Waals surface area contributed by atoms with Gasteiger partial charge in [-0.2, -0.15) is 0 Å². The highest BCUT2D eigenvalue weighted by molar-refractivity contribution is 5.98. The fourth-order valence-electron chi connectivity index (χ4n) is 3.88. The van der Waals surface area contributed by atoms with Crippen molar-refractivity contribution in [3.63, 3.8) is 0 Å². The van der Waals surface area contributed by atoms with E-state index in [4.69, 9.17) is 0 Å². The Kier molecular flexibility index (Phi) is 4.29. The van der Waals surface area contributed by atoms with Crippen LogP contribution in [0.2, 0.25) is 0 Å². The molecule has 1 fully saturated rings. The predicted octanol–water partition coefficient (Wildman–Crippen LogP) is 4.04. The molecule has 0 spiro atoms. The topological polar surface area (TPSA) is 85.3 Å². The molecule has 134 valence electrons. The zero-order chi connectivity index (χ0) is 18.1. The Labute approximate surface area is 151 Å². The molecule has 0 atom stereocenters. The normalized spacial score (nSPS) is 20.2. The quantitative estimate of drug-likeness (QED) is 0.575. The number of hydrogen-bond donors (Lipinski definition) is 4. The van der Waals surface area contributed by atoms with Crippen molar-refractivity contribution in [3.05, 3.63) is 59.8 Å². The third-order valence-electron chi connectivity index (χ3n) is 5.29. The number of rotatable bonds is 3. The van der Waals surface area contributed by atoms with E-state index in [0.717, 1.165) is 42.1 Å². The van der Waals surface area contributed by atoms with E-state index < -0.39 is 0 Å². The van der Waals surface area contributed by atoms with Crippen LogP contribution in [0.5, 0.6) is 11.5 Å². The van der Waals surface area contributed by atoms with Crippen molar-refractivity contribution in [3.8, 4) is 11.5 Å². The first-order valence-electron chi connectivity index (χ1n) is 9.00. The third kappa shape index (κ3) is 3.25. The summed E-state index contributed by atoms with van der Waals surface area (Å²) < 4.78 is 0. The van der Waals surface area contributed by atoms with Crippen molar-refractivity contribution in [1.29, 1.82) is 0 Å². The standard InChI is InChI=1S/C21H22N2O3/c24-16-9-10-17(20(25)12-16)13-5-7-15(8-6-13)22-21(26)19-11-14-3-1-2-4-18(14)23-19/h1-4,9-13,15,23-25H,5-8H2,(H,22,26). The number of para-hydroxylation sites is 1. The molecular formula is C21H22N2O3. The van der Waals surface area contributed by atoms with E-state index in [1.165, 1.54) is 6.07 Å². The average molecular weight is 350 g/mol. The molecule has 2 aromatic carbocycles. The lowest BCUT2D eigenvalue weighted by Crippen LogP contribution is -2.37. The number of carbonyl (C=O) groups is 1. The number of H-pyrrole nitrogens is 1. The summed E-state index contributed by atoms with van der Waals surface area (Å²) in [6.07, 6.45) is 3.54. The maximum absolute atomic E-state index is 12.5. The SMILES string of the molecule is O=C(NC1CCC(c2ccc(O)cc2O)CC1)c1cc2ccccc2[nH]1. The van der Waals surface area contributed by atoms with Crippen LogP contribution >= 0.6 is 0 Å². The average Bonchev–Trinajstić information content (AvgIpc) is 3.07. The molecule has 0 bridgehead atoms. The first-order valence-corrected chi connectivity index (χ1v) is 9.00. The maximum Gasteiger partial charge on any atom is 0.267 e. The molecule has 1 heterocycles. The van der Waals surface area contributed by atoms with Gasteiger partial charge in [-0.05, 0) is 55.4 Å². The van der Waals surface area contributed by atoms with Crippen molar-refractivity contribution < 1.29 is 15.0 Å². The van der Waals surface area contributed by atoms with Gasteiger partial charge in [-0.15, -0.1) is 0 Å². The van der Waals surface area contributed by atoms with Gasteiger partial charge in [-0.3, -0.25) is 4.79 Å². The van der Waals surface area contributed by atoms with Gasteiger partial charge >= 0.3 is 0 Å². The van der Waals surface area contributed by atoms with Crippen LogP contribution in [0.15, 0.2) is 48.5 Å². The van der Waals surface area contributed by atoms with E-state index >= 15 is 0 Å². The lowest BCUT2D eigenvalue weighted by molar-refractivity contribution is 0.0921. The molecule has 3 aromatic rings. The summed E-state index contributed by atoms with van der Waals surface area (Å²) in [5.74, 6) is 0.412. The predicted molar refractivity (Wildman–Crippen MR) is 101 cm³/mol. The number of aromatic amines is 1. The number of phenolic OH excluding ortho intramolecular Hbond substituents is 2. The number of carbonyl (C=O) groups excluding carboxylic acids is 1. The molecule has 0 unspecified atom stereocenters. The molecule has 5 heteroatoms. The Balaban J connectivity index is 1.38. The zero-order valence-corrected chi connectivity index (χ0v) is 14.4. The molecule has 4 N–H and O–H groups in total.